The van der Waals surface area contributed by atoms with Gasteiger partial charge in [-0.25, -0.2) is 0 Å². The predicted molar refractivity (Wildman–Crippen MR) is 59.5 cm³/mol. The van der Waals surface area contributed by atoms with Gasteiger partial charge in [0, 0.05) is 6.42 Å². The van der Waals surface area contributed by atoms with E-state index >= 15 is 0 Å². The van der Waals surface area contributed by atoms with Crippen molar-refractivity contribution in [2.24, 2.45) is 0 Å². The molecule has 0 heterocycles. The average molecular weight is 245 g/mol. The molecule has 1 N–H and O–H groups in total. The molecule has 2 nitrogen and oxygen atoms in total. The minimum Gasteiger partial charge on any atom is -0.480 e. The van der Waals surface area contributed by atoms with Crippen LogP contribution in [0, 0.1) is 6.92 Å². The monoisotopic (exact) mass is 244 g/mol. The number of alkyl halides is 2. The number of aliphatic carboxylic acids is 1. The van der Waals surface area contributed by atoms with Crippen molar-refractivity contribution in [3.05, 3.63) is 35.4 Å². The van der Waals surface area contributed by atoms with Crippen molar-refractivity contribution in [1.29, 1.82) is 0 Å². The summed E-state index contributed by atoms with van der Waals surface area (Å²) in [7, 11) is 0. The Balaban J connectivity index is 2.45. The lowest BCUT2D eigenvalue weighted by Gasteiger charge is -2.13. The minimum atomic E-state index is -1.17. The van der Waals surface area contributed by atoms with E-state index in [1.807, 2.05) is 19.1 Å². The number of halogens is 2. The summed E-state index contributed by atoms with van der Waals surface area (Å²) >= 11 is 11.8. The van der Waals surface area contributed by atoms with E-state index in [2.05, 4.69) is 0 Å². The zero-order valence-electron chi connectivity index (χ0n) is 8.13. The van der Waals surface area contributed by atoms with Gasteiger partial charge in [-0.1, -0.05) is 53.0 Å². The van der Waals surface area contributed by atoms with E-state index in [-0.39, 0.29) is 6.42 Å². The van der Waals surface area contributed by atoms with Crippen LogP contribution < -0.4 is 0 Å². The SMILES string of the molecule is Cc1ccc(C2(C(=O)O)CC2(Cl)Cl)cc1. The molecule has 1 unspecified atom stereocenters. The molecule has 80 valence electrons. The number of rotatable bonds is 2. The van der Waals surface area contributed by atoms with Crippen molar-refractivity contribution < 1.29 is 9.90 Å². The lowest BCUT2D eigenvalue weighted by Crippen LogP contribution is -2.26. The maximum atomic E-state index is 11.2. The van der Waals surface area contributed by atoms with Crippen molar-refractivity contribution in [3.63, 3.8) is 0 Å². The van der Waals surface area contributed by atoms with Gasteiger partial charge in [-0.15, -0.1) is 0 Å². The fraction of sp³-hybridized carbons (Fsp3) is 0.364. The van der Waals surface area contributed by atoms with E-state index in [1.165, 1.54) is 0 Å². The van der Waals surface area contributed by atoms with Crippen LogP contribution >= 0.6 is 23.2 Å². The predicted octanol–water partition coefficient (Wildman–Crippen LogP) is 2.90. The minimum absolute atomic E-state index is 0.265. The lowest BCUT2D eigenvalue weighted by molar-refractivity contribution is -0.140. The number of benzene rings is 1. The van der Waals surface area contributed by atoms with Gasteiger partial charge in [-0.2, -0.15) is 0 Å². The standard InChI is InChI=1S/C11H10Cl2O2/c1-7-2-4-8(5-3-7)10(9(14)15)6-11(10,12)13/h2-5H,6H2,1H3,(H,14,15). The third kappa shape index (κ3) is 1.44. The molecule has 0 bridgehead atoms. The van der Waals surface area contributed by atoms with Crippen molar-refractivity contribution in [2.75, 3.05) is 0 Å². The first-order valence-corrected chi connectivity index (χ1v) is 5.34. The summed E-state index contributed by atoms with van der Waals surface area (Å²) in [4.78, 5) is 11.2. The normalized spacial score (nSPS) is 27.4. The number of carbonyl (C=O) groups is 1. The molecule has 1 aromatic carbocycles. The Morgan fingerprint density at radius 1 is 1.33 bits per heavy atom. The molecule has 15 heavy (non-hydrogen) atoms. The van der Waals surface area contributed by atoms with E-state index in [9.17, 15) is 9.90 Å². The van der Waals surface area contributed by atoms with E-state index in [4.69, 9.17) is 23.2 Å². The number of hydrogen-bond donors (Lipinski definition) is 1. The molecule has 0 saturated heterocycles. The summed E-state index contributed by atoms with van der Waals surface area (Å²) < 4.78 is -1.17. The Morgan fingerprint density at radius 3 is 2.13 bits per heavy atom. The highest BCUT2D eigenvalue weighted by Gasteiger charge is 2.72. The van der Waals surface area contributed by atoms with Gasteiger partial charge in [-0.05, 0) is 12.5 Å². The molecule has 4 heteroatoms. The van der Waals surface area contributed by atoms with Crippen molar-refractivity contribution in [1.82, 2.24) is 0 Å². The van der Waals surface area contributed by atoms with Crippen LogP contribution in [0.1, 0.15) is 17.5 Å². The summed E-state index contributed by atoms with van der Waals surface area (Å²) in [6.45, 7) is 1.94. The highest BCUT2D eigenvalue weighted by molar-refractivity contribution is 6.54. The number of hydrogen-bond acceptors (Lipinski definition) is 1. The zero-order valence-corrected chi connectivity index (χ0v) is 9.64. The highest BCUT2D eigenvalue weighted by atomic mass is 35.5. The van der Waals surface area contributed by atoms with Crippen LogP contribution in [-0.2, 0) is 10.2 Å². The Kier molecular flexibility index (Phi) is 2.25. The molecular weight excluding hydrogens is 235 g/mol. The maximum Gasteiger partial charge on any atom is 0.317 e. The fourth-order valence-corrected chi connectivity index (χ4v) is 2.58. The van der Waals surface area contributed by atoms with Crippen LogP contribution in [0.4, 0.5) is 0 Å². The van der Waals surface area contributed by atoms with Crippen molar-refractivity contribution in [2.45, 2.75) is 23.1 Å². The smallest absolute Gasteiger partial charge is 0.317 e. The first-order chi connectivity index (χ1) is 6.90. The third-order valence-corrected chi connectivity index (χ3v) is 3.81. The second kappa shape index (κ2) is 3.13. The molecule has 1 aliphatic rings. The molecule has 0 amide bonds. The molecule has 0 aliphatic heterocycles. The van der Waals surface area contributed by atoms with Crippen molar-refractivity contribution in [3.8, 4) is 0 Å². The molecule has 1 fully saturated rings. The number of carboxylic acids is 1. The average Bonchev–Trinajstić information content (AvgIpc) is 2.72. The van der Waals surface area contributed by atoms with Gasteiger partial charge in [0.2, 0.25) is 0 Å². The van der Waals surface area contributed by atoms with Crippen molar-refractivity contribution >= 4 is 29.2 Å². The van der Waals surface area contributed by atoms with Crippen LogP contribution in [-0.4, -0.2) is 15.4 Å². The van der Waals surface area contributed by atoms with E-state index < -0.39 is 15.7 Å². The van der Waals surface area contributed by atoms with E-state index in [0.29, 0.717) is 5.56 Å². The van der Waals surface area contributed by atoms with Crippen LogP contribution in [0.2, 0.25) is 0 Å². The van der Waals surface area contributed by atoms with Gasteiger partial charge in [0.05, 0.1) is 0 Å². The Bertz CT molecular complexity index is 411. The first-order valence-electron chi connectivity index (χ1n) is 4.58. The van der Waals surface area contributed by atoms with E-state index in [0.717, 1.165) is 5.56 Å². The molecule has 0 spiro atoms. The number of aryl methyl sites for hydroxylation is 1. The topological polar surface area (TPSA) is 37.3 Å². The first kappa shape index (κ1) is 10.8. The summed E-state index contributed by atoms with van der Waals surface area (Å²) in [5, 5.41) is 9.19. The molecule has 0 radical (unpaired) electrons. The molecule has 2 rings (SSSR count). The molecule has 0 aromatic heterocycles. The van der Waals surface area contributed by atoms with Gasteiger partial charge >= 0.3 is 5.97 Å². The van der Waals surface area contributed by atoms with Gasteiger partial charge in [0.15, 0.2) is 0 Å². The largest absolute Gasteiger partial charge is 0.480 e. The summed E-state index contributed by atoms with van der Waals surface area (Å²) in [5.41, 5.74) is 0.629. The quantitative estimate of drug-likeness (QED) is 0.813. The van der Waals surface area contributed by atoms with Crippen LogP contribution in [0.25, 0.3) is 0 Å². The van der Waals surface area contributed by atoms with E-state index in [1.54, 1.807) is 12.1 Å². The summed E-state index contributed by atoms with van der Waals surface area (Å²) in [6, 6.07) is 7.27. The van der Waals surface area contributed by atoms with Crippen LogP contribution in [0.15, 0.2) is 24.3 Å². The molecule has 1 saturated carbocycles. The Labute approximate surface area is 97.8 Å². The maximum absolute atomic E-state index is 11.2. The van der Waals surface area contributed by atoms with Crippen LogP contribution in [0.3, 0.4) is 0 Å². The van der Waals surface area contributed by atoms with Gasteiger partial charge in [0.1, 0.15) is 9.75 Å². The molecule has 1 aliphatic carbocycles. The van der Waals surface area contributed by atoms with Crippen LogP contribution in [0.5, 0.6) is 0 Å². The molecule has 1 atom stereocenters. The lowest BCUT2D eigenvalue weighted by atomic mass is 9.95. The summed E-state index contributed by atoms with van der Waals surface area (Å²) in [6.07, 6.45) is 0.265. The highest BCUT2D eigenvalue weighted by Crippen LogP contribution is 2.64. The molecular formula is C11H10Cl2O2. The zero-order chi connectivity index (χ0) is 11.3. The fourth-order valence-electron chi connectivity index (χ4n) is 1.80. The van der Waals surface area contributed by atoms with Gasteiger partial charge in [0.25, 0.3) is 0 Å². The Morgan fingerprint density at radius 2 is 1.80 bits per heavy atom. The second-order valence-corrected chi connectivity index (χ2v) is 5.44. The second-order valence-electron chi connectivity index (χ2n) is 3.96. The Hall–Kier alpha value is -0.730. The van der Waals surface area contributed by atoms with Gasteiger partial charge in [-0.3, -0.25) is 4.79 Å². The summed E-state index contributed by atoms with van der Waals surface area (Å²) in [5.74, 6) is -0.962. The molecule has 1 aromatic rings. The van der Waals surface area contributed by atoms with Gasteiger partial charge < -0.3 is 5.11 Å². The number of carboxylic acid groups (broad SMARTS) is 1. The third-order valence-electron chi connectivity index (χ3n) is 2.90.